The van der Waals surface area contributed by atoms with Gasteiger partial charge in [0, 0.05) is 12.1 Å². The van der Waals surface area contributed by atoms with E-state index in [1.54, 1.807) is 0 Å². The van der Waals surface area contributed by atoms with Crippen LogP contribution in [0.4, 0.5) is 0 Å². The molecule has 1 amide bonds. The summed E-state index contributed by atoms with van der Waals surface area (Å²) < 4.78 is 10.6. The van der Waals surface area contributed by atoms with Gasteiger partial charge in [0.25, 0.3) is 5.91 Å². The Morgan fingerprint density at radius 3 is 2.62 bits per heavy atom. The first kappa shape index (κ1) is 17.1. The molecule has 0 aromatic heterocycles. The molecule has 0 aliphatic heterocycles. The Morgan fingerprint density at radius 1 is 1.43 bits per heavy atom. The fourth-order valence-electron chi connectivity index (χ4n) is 1.52. The van der Waals surface area contributed by atoms with Gasteiger partial charge in [-0.2, -0.15) is 5.26 Å². The number of halogens is 1. The molecule has 5 nitrogen and oxygen atoms in total. The van der Waals surface area contributed by atoms with E-state index in [-0.39, 0.29) is 29.3 Å². The summed E-state index contributed by atoms with van der Waals surface area (Å²) in [6.07, 6.45) is 0. The van der Waals surface area contributed by atoms with Crippen LogP contribution in [0.25, 0.3) is 0 Å². The van der Waals surface area contributed by atoms with Crippen molar-refractivity contribution < 1.29 is 14.3 Å². The Balaban J connectivity index is 2.76. The van der Waals surface area contributed by atoms with Gasteiger partial charge in [-0.15, -0.1) is 0 Å². The van der Waals surface area contributed by atoms with Crippen molar-refractivity contribution in [3.63, 3.8) is 0 Å². The quantitative estimate of drug-likeness (QED) is 0.877. The maximum absolute atomic E-state index is 11.8. The maximum atomic E-state index is 11.8. The van der Waals surface area contributed by atoms with E-state index in [2.05, 4.69) is 5.32 Å². The normalized spacial score (nSPS) is 11.7. The number of rotatable bonds is 6. The Hall–Kier alpha value is -1.93. The van der Waals surface area contributed by atoms with Crippen molar-refractivity contribution in [3.8, 4) is 17.6 Å². The summed E-state index contributed by atoms with van der Waals surface area (Å²) in [5, 5.41) is 11.9. The van der Waals surface area contributed by atoms with Gasteiger partial charge in [-0.1, -0.05) is 25.4 Å². The highest BCUT2D eigenvalue weighted by atomic mass is 35.5. The molecule has 1 aromatic rings. The molecule has 6 heteroatoms. The van der Waals surface area contributed by atoms with Gasteiger partial charge in [0.1, 0.15) is 0 Å². The average Bonchev–Trinajstić information content (AvgIpc) is 2.44. The number of nitriles is 1. The van der Waals surface area contributed by atoms with Crippen molar-refractivity contribution in [3.05, 3.63) is 22.7 Å². The third kappa shape index (κ3) is 4.83. The lowest BCUT2D eigenvalue weighted by molar-refractivity contribution is -0.124. The molecule has 0 heterocycles. The minimum absolute atomic E-state index is 0.0550. The fraction of sp³-hybridized carbons (Fsp3) is 0.467. The zero-order chi connectivity index (χ0) is 16.0. The number of nitrogens with one attached hydrogen (secondary N) is 1. The van der Waals surface area contributed by atoms with E-state index < -0.39 is 0 Å². The molecule has 0 saturated heterocycles. The van der Waals surface area contributed by atoms with E-state index in [9.17, 15) is 4.79 Å². The second-order valence-electron chi connectivity index (χ2n) is 4.99. The molecule has 0 aliphatic carbocycles. The maximum Gasteiger partial charge on any atom is 0.258 e. The number of carbonyl (C=O) groups is 1. The van der Waals surface area contributed by atoms with Gasteiger partial charge in [-0.05, 0) is 18.9 Å². The summed E-state index contributed by atoms with van der Waals surface area (Å²) >= 11 is 6.04. The molecule has 1 atom stereocenters. The molecule has 0 bridgehead atoms. The van der Waals surface area contributed by atoms with Crippen molar-refractivity contribution in [2.24, 2.45) is 5.92 Å². The first-order chi connectivity index (χ1) is 9.88. The molecule has 1 aromatic carbocycles. The smallest absolute Gasteiger partial charge is 0.258 e. The molecule has 114 valence electrons. The predicted octanol–water partition coefficient (Wildman–Crippen LogP) is 2.76. The first-order valence-corrected chi connectivity index (χ1v) is 6.96. The van der Waals surface area contributed by atoms with Crippen LogP contribution in [-0.4, -0.2) is 25.7 Å². The van der Waals surface area contributed by atoms with Crippen molar-refractivity contribution >= 4 is 17.5 Å². The minimum atomic E-state index is -0.237. The highest BCUT2D eigenvalue weighted by molar-refractivity contribution is 6.32. The summed E-state index contributed by atoms with van der Waals surface area (Å²) in [5.74, 6) is 0.676. The first-order valence-electron chi connectivity index (χ1n) is 6.58. The zero-order valence-corrected chi connectivity index (χ0v) is 13.3. The van der Waals surface area contributed by atoms with Crippen LogP contribution in [0.2, 0.25) is 5.02 Å². The van der Waals surface area contributed by atoms with Crippen LogP contribution in [0.1, 0.15) is 26.3 Å². The van der Waals surface area contributed by atoms with Crippen LogP contribution < -0.4 is 14.8 Å². The van der Waals surface area contributed by atoms with E-state index in [4.69, 9.17) is 26.3 Å². The van der Waals surface area contributed by atoms with E-state index in [0.29, 0.717) is 17.2 Å². The van der Waals surface area contributed by atoms with Gasteiger partial charge < -0.3 is 14.8 Å². The number of nitrogens with zero attached hydrogens (tertiary/aromatic N) is 1. The summed E-state index contributed by atoms with van der Waals surface area (Å²) in [4.78, 5) is 11.8. The molecule has 21 heavy (non-hydrogen) atoms. The number of ether oxygens (including phenoxy) is 2. The van der Waals surface area contributed by atoms with Crippen molar-refractivity contribution in [1.29, 1.82) is 5.26 Å². The third-order valence-corrected chi connectivity index (χ3v) is 3.38. The number of benzene rings is 1. The number of amides is 1. The predicted molar refractivity (Wildman–Crippen MR) is 80.7 cm³/mol. The number of hydrogen-bond acceptors (Lipinski definition) is 4. The van der Waals surface area contributed by atoms with Crippen LogP contribution in [0, 0.1) is 17.2 Å². The molecule has 0 spiro atoms. The minimum Gasteiger partial charge on any atom is -0.493 e. The highest BCUT2D eigenvalue weighted by Gasteiger charge is 2.15. The van der Waals surface area contributed by atoms with Crippen LogP contribution in [0.3, 0.4) is 0 Å². The van der Waals surface area contributed by atoms with E-state index in [0.717, 1.165) is 0 Å². The second-order valence-corrected chi connectivity index (χ2v) is 5.40. The van der Waals surface area contributed by atoms with E-state index in [1.165, 1.54) is 19.2 Å². The Labute approximate surface area is 129 Å². The van der Waals surface area contributed by atoms with Crippen molar-refractivity contribution in [1.82, 2.24) is 5.32 Å². The number of hydrogen-bond donors (Lipinski definition) is 1. The Morgan fingerprint density at radius 2 is 2.10 bits per heavy atom. The topological polar surface area (TPSA) is 71.3 Å². The van der Waals surface area contributed by atoms with Crippen LogP contribution in [-0.2, 0) is 4.79 Å². The molecular formula is C15H19ClN2O3. The summed E-state index contributed by atoms with van der Waals surface area (Å²) in [6, 6.07) is 5.01. The molecule has 0 unspecified atom stereocenters. The standard InChI is InChI=1S/C15H19ClN2O3/c1-9(2)10(3)18-14(19)8-21-15-12(16)5-11(7-17)6-13(15)20-4/h5-6,9-10H,8H2,1-4H3,(H,18,19)/t10-/m1/s1. The van der Waals surface area contributed by atoms with Gasteiger partial charge in [-0.3, -0.25) is 4.79 Å². The lowest BCUT2D eigenvalue weighted by Gasteiger charge is -2.18. The van der Waals surface area contributed by atoms with Crippen molar-refractivity contribution in [2.75, 3.05) is 13.7 Å². The SMILES string of the molecule is COc1cc(C#N)cc(Cl)c1OCC(=O)N[C@H](C)C(C)C. The molecule has 0 aliphatic rings. The largest absolute Gasteiger partial charge is 0.493 e. The molecular weight excluding hydrogens is 292 g/mol. The van der Waals surface area contributed by atoms with Crippen LogP contribution >= 0.6 is 11.6 Å². The zero-order valence-electron chi connectivity index (χ0n) is 12.6. The Bertz CT molecular complexity index is 553. The average molecular weight is 311 g/mol. The second kappa shape index (κ2) is 7.75. The molecule has 0 radical (unpaired) electrons. The lowest BCUT2D eigenvalue weighted by atomic mass is 10.1. The van der Waals surface area contributed by atoms with Crippen LogP contribution in [0.15, 0.2) is 12.1 Å². The third-order valence-electron chi connectivity index (χ3n) is 3.09. The van der Waals surface area contributed by atoms with E-state index >= 15 is 0 Å². The van der Waals surface area contributed by atoms with Crippen molar-refractivity contribution in [2.45, 2.75) is 26.8 Å². The molecule has 0 fully saturated rings. The molecule has 1 rings (SSSR count). The Kier molecular flexibility index (Phi) is 6.32. The lowest BCUT2D eigenvalue weighted by Crippen LogP contribution is -2.39. The molecule has 0 saturated carbocycles. The summed E-state index contributed by atoms with van der Waals surface area (Å²) in [5.41, 5.74) is 0.363. The van der Waals surface area contributed by atoms with Gasteiger partial charge in [-0.25, -0.2) is 0 Å². The van der Waals surface area contributed by atoms with E-state index in [1.807, 2.05) is 26.8 Å². The summed E-state index contributed by atoms with van der Waals surface area (Å²) in [6.45, 7) is 5.80. The van der Waals surface area contributed by atoms with Gasteiger partial charge in [0.2, 0.25) is 0 Å². The van der Waals surface area contributed by atoms with Gasteiger partial charge >= 0.3 is 0 Å². The summed E-state index contributed by atoms with van der Waals surface area (Å²) in [7, 11) is 1.45. The fourth-order valence-corrected chi connectivity index (χ4v) is 1.79. The van der Waals surface area contributed by atoms with Gasteiger partial charge in [0.15, 0.2) is 18.1 Å². The molecule has 1 N–H and O–H groups in total. The number of carbonyl (C=O) groups excluding carboxylic acids is 1. The van der Waals surface area contributed by atoms with Gasteiger partial charge in [0.05, 0.1) is 23.8 Å². The number of methoxy groups -OCH3 is 1. The van der Waals surface area contributed by atoms with Crippen LogP contribution in [0.5, 0.6) is 11.5 Å². The monoisotopic (exact) mass is 310 g/mol. The highest BCUT2D eigenvalue weighted by Crippen LogP contribution is 2.36.